The second-order valence-corrected chi connectivity index (χ2v) is 7.97. The molecule has 0 saturated heterocycles. The van der Waals surface area contributed by atoms with Crippen molar-refractivity contribution in [2.45, 2.75) is 18.2 Å². The predicted octanol–water partition coefficient (Wildman–Crippen LogP) is 4.06. The molecule has 0 aliphatic carbocycles. The zero-order chi connectivity index (χ0) is 19.1. The van der Waals surface area contributed by atoms with Gasteiger partial charge in [0.2, 0.25) is 0 Å². The average molecular weight is 378 g/mol. The topological polar surface area (TPSA) is 58.2 Å². The summed E-state index contributed by atoms with van der Waals surface area (Å²) < 4.78 is 25.1. The fourth-order valence-electron chi connectivity index (χ4n) is 2.61. The summed E-state index contributed by atoms with van der Waals surface area (Å²) in [7, 11) is -3.66. The lowest BCUT2D eigenvalue weighted by atomic mass is 10.1. The molecule has 0 unspecified atom stereocenters. The summed E-state index contributed by atoms with van der Waals surface area (Å²) >= 11 is 0. The number of sulfonamides is 1. The molecule has 27 heavy (non-hydrogen) atoms. The van der Waals surface area contributed by atoms with Gasteiger partial charge in [0.25, 0.3) is 10.0 Å². The zero-order valence-corrected chi connectivity index (χ0v) is 15.9. The van der Waals surface area contributed by atoms with Gasteiger partial charge in [0, 0.05) is 12.1 Å². The Morgan fingerprint density at radius 2 is 1.44 bits per heavy atom. The SMILES string of the molecule is Cc1ccc(S(=O)(=O)NNC(=Cc2ccccc2)Cc2ccccc2)cc1. The van der Waals surface area contributed by atoms with Crippen molar-refractivity contribution >= 4 is 16.1 Å². The van der Waals surface area contributed by atoms with E-state index in [1.54, 1.807) is 24.3 Å². The van der Waals surface area contributed by atoms with E-state index >= 15 is 0 Å². The normalized spacial score (nSPS) is 12.0. The van der Waals surface area contributed by atoms with Crippen molar-refractivity contribution in [2.75, 3.05) is 0 Å². The molecule has 0 aliphatic rings. The van der Waals surface area contributed by atoms with E-state index in [2.05, 4.69) is 10.3 Å². The third-order valence-electron chi connectivity index (χ3n) is 4.06. The summed E-state index contributed by atoms with van der Waals surface area (Å²) in [5.74, 6) is 0. The highest BCUT2D eigenvalue weighted by Gasteiger charge is 2.14. The van der Waals surface area contributed by atoms with Crippen LogP contribution in [0.2, 0.25) is 0 Å². The van der Waals surface area contributed by atoms with E-state index in [0.29, 0.717) is 6.42 Å². The fourth-order valence-corrected chi connectivity index (χ4v) is 3.48. The Morgan fingerprint density at radius 3 is 2.07 bits per heavy atom. The van der Waals surface area contributed by atoms with Gasteiger partial charge in [-0.3, -0.25) is 0 Å². The molecule has 0 aliphatic heterocycles. The molecule has 3 rings (SSSR count). The second kappa shape index (κ2) is 8.66. The van der Waals surface area contributed by atoms with Gasteiger partial charge in [-0.2, -0.15) is 0 Å². The van der Waals surface area contributed by atoms with E-state index in [1.165, 1.54) is 0 Å². The maximum atomic E-state index is 12.6. The lowest BCUT2D eigenvalue weighted by Crippen LogP contribution is -2.37. The highest BCUT2D eigenvalue weighted by molar-refractivity contribution is 7.89. The number of hydrazine groups is 1. The molecular weight excluding hydrogens is 356 g/mol. The van der Waals surface area contributed by atoms with Crippen LogP contribution in [0.5, 0.6) is 0 Å². The van der Waals surface area contributed by atoms with E-state index in [-0.39, 0.29) is 4.90 Å². The molecule has 0 bridgehead atoms. The van der Waals surface area contributed by atoms with Crippen molar-refractivity contribution in [3.05, 3.63) is 107 Å². The van der Waals surface area contributed by atoms with Crippen LogP contribution in [0.25, 0.3) is 6.08 Å². The molecule has 4 nitrogen and oxygen atoms in total. The minimum atomic E-state index is -3.66. The van der Waals surface area contributed by atoms with Gasteiger partial charge in [-0.15, -0.1) is 4.83 Å². The van der Waals surface area contributed by atoms with E-state index < -0.39 is 10.0 Å². The first-order valence-corrected chi connectivity index (χ1v) is 10.2. The van der Waals surface area contributed by atoms with Crippen molar-refractivity contribution in [3.63, 3.8) is 0 Å². The zero-order valence-electron chi connectivity index (χ0n) is 15.1. The summed E-state index contributed by atoms with van der Waals surface area (Å²) in [6.45, 7) is 1.92. The largest absolute Gasteiger partial charge is 0.312 e. The molecule has 0 saturated carbocycles. The summed E-state index contributed by atoms with van der Waals surface area (Å²) in [5, 5.41) is 0. The van der Waals surface area contributed by atoms with E-state index in [4.69, 9.17) is 0 Å². The van der Waals surface area contributed by atoms with Crippen LogP contribution in [-0.2, 0) is 16.4 Å². The van der Waals surface area contributed by atoms with Crippen LogP contribution in [0.1, 0.15) is 16.7 Å². The molecule has 3 aromatic rings. The molecule has 2 N–H and O–H groups in total. The lowest BCUT2D eigenvalue weighted by molar-refractivity contribution is 0.569. The van der Waals surface area contributed by atoms with Gasteiger partial charge in [0.1, 0.15) is 0 Å². The Hall–Kier alpha value is -2.89. The van der Waals surface area contributed by atoms with Gasteiger partial charge in [-0.1, -0.05) is 78.4 Å². The summed E-state index contributed by atoms with van der Waals surface area (Å²) in [4.78, 5) is 2.71. The first kappa shape index (κ1) is 18.9. The first-order valence-electron chi connectivity index (χ1n) is 8.67. The molecular formula is C22H22N2O2S. The summed E-state index contributed by atoms with van der Waals surface area (Å²) in [6, 6.07) is 26.4. The first-order chi connectivity index (χ1) is 13.0. The van der Waals surface area contributed by atoms with E-state index in [0.717, 1.165) is 22.4 Å². The van der Waals surface area contributed by atoms with Gasteiger partial charge in [-0.05, 0) is 36.3 Å². The molecule has 0 atom stereocenters. The van der Waals surface area contributed by atoms with Crippen molar-refractivity contribution in [1.29, 1.82) is 0 Å². The highest BCUT2D eigenvalue weighted by atomic mass is 32.2. The maximum absolute atomic E-state index is 12.6. The third-order valence-corrected chi connectivity index (χ3v) is 5.32. The minimum absolute atomic E-state index is 0.222. The van der Waals surface area contributed by atoms with Gasteiger partial charge < -0.3 is 5.43 Å². The Balaban J connectivity index is 1.80. The van der Waals surface area contributed by atoms with Crippen LogP contribution in [0, 0.1) is 6.92 Å². The number of hydrogen-bond donors (Lipinski definition) is 2. The molecule has 0 heterocycles. The number of benzene rings is 3. The number of hydrogen-bond acceptors (Lipinski definition) is 3. The smallest absolute Gasteiger partial charge is 0.257 e. The molecule has 0 spiro atoms. The molecule has 3 aromatic carbocycles. The third kappa shape index (κ3) is 5.54. The van der Waals surface area contributed by atoms with Gasteiger partial charge in [0.05, 0.1) is 4.90 Å². The monoisotopic (exact) mass is 378 g/mol. The lowest BCUT2D eigenvalue weighted by Gasteiger charge is -2.14. The second-order valence-electron chi connectivity index (χ2n) is 6.29. The molecule has 0 aromatic heterocycles. The quantitative estimate of drug-likeness (QED) is 0.610. The van der Waals surface area contributed by atoms with Crippen molar-refractivity contribution in [2.24, 2.45) is 0 Å². The Kier molecular flexibility index (Phi) is 6.06. The van der Waals surface area contributed by atoms with Crippen LogP contribution in [0.3, 0.4) is 0 Å². The standard InChI is InChI=1S/C22H22N2O2S/c1-18-12-14-22(15-13-18)27(25,26)24-23-21(16-19-8-4-2-5-9-19)17-20-10-6-3-7-11-20/h2-16,23-24H,17H2,1H3. The Morgan fingerprint density at radius 1 is 0.852 bits per heavy atom. The van der Waals surface area contributed by atoms with Gasteiger partial charge in [-0.25, -0.2) is 8.42 Å². The molecule has 0 amide bonds. The number of allylic oxidation sites excluding steroid dienone is 1. The van der Waals surface area contributed by atoms with Crippen molar-refractivity contribution in [3.8, 4) is 0 Å². The Bertz CT molecular complexity index is 997. The number of aryl methyl sites for hydroxylation is 1. The molecule has 0 radical (unpaired) electrons. The number of rotatable bonds is 7. The van der Waals surface area contributed by atoms with E-state index in [9.17, 15) is 8.42 Å². The van der Waals surface area contributed by atoms with Crippen molar-refractivity contribution < 1.29 is 8.42 Å². The summed E-state index contributed by atoms with van der Waals surface area (Å²) in [5.41, 5.74) is 6.73. The van der Waals surface area contributed by atoms with Crippen molar-refractivity contribution in [1.82, 2.24) is 10.3 Å². The van der Waals surface area contributed by atoms with Crippen LogP contribution >= 0.6 is 0 Å². The van der Waals surface area contributed by atoms with Gasteiger partial charge >= 0.3 is 0 Å². The molecule has 5 heteroatoms. The number of nitrogens with one attached hydrogen (secondary N) is 2. The van der Waals surface area contributed by atoms with Crippen LogP contribution in [0.4, 0.5) is 0 Å². The van der Waals surface area contributed by atoms with Crippen LogP contribution in [0.15, 0.2) is 95.5 Å². The highest BCUT2D eigenvalue weighted by Crippen LogP contribution is 2.12. The van der Waals surface area contributed by atoms with Crippen LogP contribution in [-0.4, -0.2) is 8.42 Å². The average Bonchev–Trinajstić information content (AvgIpc) is 2.68. The predicted molar refractivity (Wildman–Crippen MR) is 109 cm³/mol. The van der Waals surface area contributed by atoms with Gasteiger partial charge in [0.15, 0.2) is 0 Å². The van der Waals surface area contributed by atoms with E-state index in [1.807, 2.05) is 73.7 Å². The molecule has 0 fully saturated rings. The Labute approximate surface area is 160 Å². The van der Waals surface area contributed by atoms with Crippen LogP contribution < -0.4 is 10.3 Å². The minimum Gasteiger partial charge on any atom is -0.312 e. The molecule has 138 valence electrons. The summed E-state index contributed by atoms with van der Waals surface area (Å²) in [6.07, 6.45) is 2.51. The maximum Gasteiger partial charge on any atom is 0.257 e. The fraction of sp³-hybridized carbons (Fsp3) is 0.0909.